The van der Waals surface area contributed by atoms with Gasteiger partial charge in [-0.1, -0.05) is 19.3 Å². The van der Waals surface area contributed by atoms with Gasteiger partial charge in [-0.3, -0.25) is 10.1 Å². The van der Waals surface area contributed by atoms with Crippen LogP contribution in [0.4, 0.5) is 11.4 Å². The lowest BCUT2D eigenvalue weighted by Crippen LogP contribution is -2.37. The number of hydrogen-bond acceptors (Lipinski definition) is 4. The van der Waals surface area contributed by atoms with Crippen LogP contribution in [-0.4, -0.2) is 21.5 Å². The molecule has 1 aliphatic carbocycles. The Bertz CT molecular complexity index is 577. The maximum Gasteiger partial charge on any atom is 0.336 e. The summed E-state index contributed by atoms with van der Waals surface area (Å²) < 4.78 is 0. The number of hydrogen-bond donors (Lipinski definition) is 2. The smallest absolute Gasteiger partial charge is 0.336 e. The second-order valence-corrected chi connectivity index (χ2v) is 5.98. The molecule has 114 valence electrons. The lowest BCUT2D eigenvalue weighted by Gasteiger charge is -2.36. The van der Waals surface area contributed by atoms with Gasteiger partial charge in [0.2, 0.25) is 0 Å². The van der Waals surface area contributed by atoms with Gasteiger partial charge in [-0.15, -0.1) is 0 Å². The number of carboxylic acid groups (broad SMARTS) is 1. The van der Waals surface area contributed by atoms with E-state index in [0.717, 1.165) is 31.7 Å². The molecule has 6 heteroatoms. The third kappa shape index (κ3) is 3.32. The van der Waals surface area contributed by atoms with Crippen molar-refractivity contribution in [1.82, 2.24) is 0 Å². The molecule has 0 heterocycles. The van der Waals surface area contributed by atoms with E-state index < -0.39 is 10.9 Å². The molecular formula is C15H20N2O4. The van der Waals surface area contributed by atoms with Crippen LogP contribution in [-0.2, 0) is 0 Å². The van der Waals surface area contributed by atoms with E-state index >= 15 is 0 Å². The number of benzene rings is 1. The van der Waals surface area contributed by atoms with Gasteiger partial charge in [-0.25, -0.2) is 4.79 Å². The van der Waals surface area contributed by atoms with Gasteiger partial charge < -0.3 is 10.4 Å². The zero-order valence-electron chi connectivity index (χ0n) is 12.3. The molecule has 2 N–H and O–H groups in total. The van der Waals surface area contributed by atoms with Crippen LogP contribution in [0, 0.1) is 17.0 Å². The van der Waals surface area contributed by atoms with Crippen molar-refractivity contribution in [2.45, 2.75) is 51.5 Å². The summed E-state index contributed by atoms with van der Waals surface area (Å²) >= 11 is 0. The summed E-state index contributed by atoms with van der Waals surface area (Å²) in [5.41, 5.74) is 0.683. The van der Waals surface area contributed by atoms with Crippen molar-refractivity contribution in [1.29, 1.82) is 0 Å². The van der Waals surface area contributed by atoms with Crippen LogP contribution in [0.15, 0.2) is 12.1 Å². The summed E-state index contributed by atoms with van der Waals surface area (Å²) in [5, 5.41) is 23.6. The Morgan fingerprint density at radius 2 is 1.95 bits per heavy atom. The fraction of sp³-hybridized carbons (Fsp3) is 0.533. The molecular weight excluding hydrogens is 272 g/mol. The van der Waals surface area contributed by atoms with Gasteiger partial charge in [0, 0.05) is 22.9 Å². The first kappa shape index (κ1) is 15.3. The molecule has 1 fully saturated rings. The van der Waals surface area contributed by atoms with E-state index in [1.54, 1.807) is 6.92 Å². The molecule has 0 radical (unpaired) electrons. The molecule has 0 saturated heterocycles. The predicted octanol–water partition coefficient (Wildman–Crippen LogP) is 3.74. The average molecular weight is 292 g/mol. The minimum absolute atomic E-state index is 0.0609. The van der Waals surface area contributed by atoms with Crippen molar-refractivity contribution in [3.05, 3.63) is 33.4 Å². The molecule has 0 atom stereocenters. The first-order valence-corrected chi connectivity index (χ1v) is 7.13. The highest BCUT2D eigenvalue weighted by atomic mass is 16.6. The van der Waals surface area contributed by atoms with Gasteiger partial charge in [0.15, 0.2) is 0 Å². The number of nitro groups is 1. The van der Waals surface area contributed by atoms with Crippen molar-refractivity contribution in [2.24, 2.45) is 0 Å². The Hall–Kier alpha value is -2.11. The molecule has 0 amide bonds. The van der Waals surface area contributed by atoms with Crippen molar-refractivity contribution in [3.8, 4) is 0 Å². The Balaban J connectivity index is 2.41. The fourth-order valence-corrected chi connectivity index (χ4v) is 2.92. The van der Waals surface area contributed by atoms with Crippen LogP contribution in [0.3, 0.4) is 0 Å². The van der Waals surface area contributed by atoms with Gasteiger partial charge in [-0.2, -0.15) is 0 Å². The highest BCUT2D eigenvalue weighted by Crippen LogP contribution is 2.35. The molecule has 6 nitrogen and oxygen atoms in total. The molecule has 1 aromatic carbocycles. The summed E-state index contributed by atoms with van der Waals surface area (Å²) in [4.78, 5) is 21.7. The quantitative estimate of drug-likeness (QED) is 0.651. The van der Waals surface area contributed by atoms with Crippen LogP contribution in [0.25, 0.3) is 0 Å². The monoisotopic (exact) mass is 292 g/mol. The Kier molecular flexibility index (Phi) is 4.16. The number of rotatable bonds is 4. The molecule has 0 bridgehead atoms. The van der Waals surface area contributed by atoms with E-state index in [4.69, 9.17) is 5.11 Å². The zero-order chi connectivity index (χ0) is 15.6. The molecule has 0 spiro atoms. The van der Waals surface area contributed by atoms with Gasteiger partial charge in [0.05, 0.1) is 10.5 Å². The van der Waals surface area contributed by atoms with Crippen LogP contribution in [0.1, 0.15) is 54.9 Å². The van der Waals surface area contributed by atoms with Crippen LogP contribution in [0.5, 0.6) is 0 Å². The third-order valence-electron chi connectivity index (χ3n) is 4.22. The number of nitro benzene ring substituents is 1. The largest absolute Gasteiger partial charge is 0.478 e. The van der Waals surface area contributed by atoms with Crippen molar-refractivity contribution >= 4 is 17.3 Å². The highest BCUT2D eigenvalue weighted by Gasteiger charge is 2.28. The van der Waals surface area contributed by atoms with E-state index in [1.807, 2.05) is 0 Å². The SMILES string of the molecule is Cc1c(NC2(C)CCCCC2)cc(C(=O)O)cc1[N+](=O)[O-]. The summed E-state index contributed by atoms with van der Waals surface area (Å²) in [6.07, 6.45) is 5.40. The van der Waals surface area contributed by atoms with E-state index in [1.165, 1.54) is 12.5 Å². The first-order chi connectivity index (χ1) is 9.82. The molecule has 21 heavy (non-hydrogen) atoms. The van der Waals surface area contributed by atoms with E-state index in [2.05, 4.69) is 12.2 Å². The van der Waals surface area contributed by atoms with Gasteiger partial charge >= 0.3 is 5.97 Å². The fourth-order valence-electron chi connectivity index (χ4n) is 2.92. The molecule has 1 saturated carbocycles. The number of aromatic carboxylic acids is 1. The number of nitrogens with zero attached hydrogens (tertiary/aromatic N) is 1. The third-order valence-corrected chi connectivity index (χ3v) is 4.22. The summed E-state index contributed by atoms with van der Waals surface area (Å²) in [7, 11) is 0. The van der Waals surface area contributed by atoms with E-state index in [9.17, 15) is 14.9 Å². The number of carbonyl (C=O) groups is 1. The second-order valence-electron chi connectivity index (χ2n) is 5.98. The van der Waals surface area contributed by atoms with E-state index in [-0.39, 0.29) is 16.8 Å². The minimum Gasteiger partial charge on any atom is -0.478 e. The van der Waals surface area contributed by atoms with Gasteiger partial charge in [-0.05, 0) is 32.8 Å². The lowest BCUT2D eigenvalue weighted by atomic mass is 9.83. The number of nitrogens with one attached hydrogen (secondary N) is 1. The van der Waals surface area contributed by atoms with Crippen molar-refractivity contribution in [3.63, 3.8) is 0 Å². The number of carboxylic acids is 1. The van der Waals surface area contributed by atoms with Gasteiger partial charge in [0.25, 0.3) is 5.69 Å². The topological polar surface area (TPSA) is 92.5 Å². The summed E-state index contributed by atoms with van der Waals surface area (Å²) in [6.45, 7) is 3.74. The predicted molar refractivity (Wildman–Crippen MR) is 79.9 cm³/mol. The molecule has 0 aromatic heterocycles. The van der Waals surface area contributed by atoms with Crippen LogP contribution in [0.2, 0.25) is 0 Å². The Labute approximate surface area is 123 Å². The molecule has 0 aliphatic heterocycles. The Morgan fingerprint density at radius 3 is 2.48 bits per heavy atom. The average Bonchev–Trinajstić information content (AvgIpc) is 2.41. The lowest BCUT2D eigenvalue weighted by molar-refractivity contribution is -0.385. The highest BCUT2D eigenvalue weighted by molar-refractivity contribution is 5.90. The Morgan fingerprint density at radius 1 is 1.33 bits per heavy atom. The summed E-state index contributed by atoms with van der Waals surface area (Å²) in [5.74, 6) is -1.16. The second kappa shape index (κ2) is 5.71. The summed E-state index contributed by atoms with van der Waals surface area (Å²) in [6, 6.07) is 2.61. The minimum atomic E-state index is -1.16. The number of anilines is 1. The zero-order valence-corrected chi connectivity index (χ0v) is 12.3. The maximum absolute atomic E-state index is 11.2. The molecule has 1 aliphatic rings. The normalized spacial score (nSPS) is 17.2. The standard InChI is InChI=1S/C15H20N2O4/c1-10-12(16-15(2)6-4-3-5-7-15)8-11(14(18)19)9-13(10)17(20)21/h8-9,16H,3-7H2,1-2H3,(H,18,19). The molecule has 1 aromatic rings. The maximum atomic E-state index is 11.2. The van der Waals surface area contributed by atoms with E-state index in [0.29, 0.717) is 11.3 Å². The molecule has 2 rings (SSSR count). The van der Waals surface area contributed by atoms with Gasteiger partial charge in [0.1, 0.15) is 0 Å². The first-order valence-electron chi connectivity index (χ1n) is 7.13. The van der Waals surface area contributed by atoms with Crippen molar-refractivity contribution in [2.75, 3.05) is 5.32 Å². The van der Waals surface area contributed by atoms with Crippen LogP contribution >= 0.6 is 0 Å². The molecule has 0 unspecified atom stereocenters. The van der Waals surface area contributed by atoms with Crippen LogP contribution < -0.4 is 5.32 Å². The van der Waals surface area contributed by atoms with Crippen molar-refractivity contribution < 1.29 is 14.8 Å².